The Labute approximate surface area is 131 Å². The molecule has 0 bridgehead atoms. The summed E-state index contributed by atoms with van der Waals surface area (Å²) in [6.45, 7) is 0. The molecule has 0 unspecified atom stereocenters. The van der Waals surface area contributed by atoms with Gasteiger partial charge in [-0.2, -0.15) is 0 Å². The number of rotatable bonds is 4. The highest BCUT2D eigenvalue weighted by Crippen LogP contribution is 2.21. The minimum Gasteiger partial charge on any atom is -0.481 e. The zero-order valence-electron chi connectivity index (χ0n) is 12.3. The third-order valence-corrected chi connectivity index (χ3v) is 4.65. The van der Waals surface area contributed by atoms with E-state index in [1.54, 1.807) is 7.05 Å². The predicted molar refractivity (Wildman–Crippen MR) is 83.1 cm³/mol. The summed E-state index contributed by atoms with van der Waals surface area (Å²) in [6.07, 6.45) is 1.34. The standard InChI is InChI=1S/C14H13N3O5S/c1-17-11-5-4-10(7-12(11)22-14(17)18)23(19,20)16-9-3-6-13(21-2)15-8-9/h3-8,16H,1-2H3. The van der Waals surface area contributed by atoms with Gasteiger partial charge >= 0.3 is 5.76 Å². The minimum absolute atomic E-state index is 0.0184. The van der Waals surface area contributed by atoms with Crippen LogP contribution in [0.5, 0.6) is 5.88 Å². The number of hydrogen-bond donors (Lipinski definition) is 1. The van der Waals surface area contributed by atoms with Crippen LogP contribution in [0.25, 0.3) is 11.1 Å². The Bertz CT molecular complexity index is 1020. The summed E-state index contributed by atoms with van der Waals surface area (Å²) >= 11 is 0. The fourth-order valence-corrected chi connectivity index (χ4v) is 3.12. The summed E-state index contributed by atoms with van der Waals surface area (Å²) in [5.74, 6) is -0.178. The lowest BCUT2D eigenvalue weighted by atomic mass is 10.3. The molecule has 0 saturated carbocycles. The molecule has 0 atom stereocenters. The fraction of sp³-hybridized carbons (Fsp3) is 0.143. The highest BCUT2D eigenvalue weighted by Gasteiger charge is 2.17. The molecule has 9 heteroatoms. The second kappa shape index (κ2) is 5.43. The Balaban J connectivity index is 1.96. The number of aromatic nitrogens is 2. The van der Waals surface area contributed by atoms with Crippen LogP contribution >= 0.6 is 0 Å². The fourth-order valence-electron chi connectivity index (χ4n) is 2.06. The van der Waals surface area contributed by atoms with Crippen molar-refractivity contribution in [1.29, 1.82) is 0 Å². The van der Waals surface area contributed by atoms with Crippen molar-refractivity contribution in [2.24, 2.45) is 7.05 Å². The summed E-state index contributed by atoms with van der Waals surface area (Å²) in [5.41, 5.74) is 1.01. The van der Waals surface area contributed by atoms with Gasteiger partial charge in [-0.25, -0.2) is 18.2 Å². The van der Waals surface area contributed by atoms with Crippen LogP contribution in [0.15, 0.2) is 50.6 Å². The quantitative estimate of drug-likeness (QED) is 0.771. The summed E-state index contributed by atoms with van der Waals surface area (Å²) in [6, 6.07) is 7.29. The Morgan fingerprint density at radius 2 is 2.04 bits per heavy atom. The van der Waals surface area contributed by atoms with Gasteiger partial charge in [0.05, 0.1) is 29.4 Å². The van der Waals surface area contributed by atoms with E-state index in [2.05, 4.69) is 9.71 Å². The number of methoxy groups -OCH3 is 1. The maximum atomic E-state index is 12.4. The molecular weight excluding hydrogens is 322 g/mol. The molecule has 0 spiro atoms. The summed E-state index contributed by atoms with van der Waals surface area (Å²) in [5, 5.41) is 0. The first-order valence-corrected chi connectivity index (χ1v) is 8.01. The lowest BCUT2D eigenvalue weighted by Gasteiger charge is -2.08. The third-order valence-electron chi connectivity index (χ3n) is 3.27. The molecular formula is C14H13N3O5S. The highest BCUT2D eigenvalue weighted by molar-refractivity contribution is 7.92. The van der Waals surface area contributed by atoms with Gasteiger partial charge in [-0.05, 0) is 18.2 Å². The van der Waals surface area contributed by atoms with Crippen molar-refractivity contribution in [2.75, 3.05) is 11.8 Å². The average Bonchev–Trinajstić information content (AvgIpc) is 2.82. The van der Waals surface area contributed by atoms with E-state index in [0.717, 1.165) is 0 Å². The molecule has 0 amide bonds. The molecule has 0 aliphatic carbocycles. The SMILES string of the molecule is COc1ccc(NS(=O)(=O)c2ccc3c(c2)oc(=O)n3C)cn1. The molecule has 0 aliphatic rings. The predicted octanol–water partition coefficient (Wildman–Crippen LogP) is 1.34. The Morgan fingerprint density at radius 1 is 1.26 bits per heavy atom. The number of pyridine rings is 1. The molecule has 8 nitrogen and oxygen atoms in total. The van der Waals surface area contributed by atoms with Gasteiger partial charge in [0.15, 0.2) is 5.58 Å². The van der Waals surface area contributed by atoms with Crippen molar-refractivity contribution in [3.63, 3.8) is 0 Å². The van der Waals surface area contributed by atoms with E-state index in [9.17, 15) is 13.2 Å². The van der Waals surface area contributed by atoms with Crippen LogP contribution in [0.4, 0.5) is 5.69 Å². The topological polar surface area (TPSA) is 103 Å². The molecule has 0 radical (unpaired) electrons. The lowest BCUT2D eigenvalue weighted by Crippen LogP contribution is -2.13. The van der Waals surface area contributed by atoms with Gasteiger partial charge in [0, 0.05) is 19.2 Å². The second-order valence-corrected chi connectivity index (χ2v) is 6.43. The monoisotopic (exact) mass is 335 g/mol. The van der Waals surface area contributed by atoms with Crippen LogP contribution in [-0.2, 0) is 17.1 Å². The normalized spacial score (nSPS) is 11.6. The average molecular weight is 335 g/mol. The molecule has 1 aromatic carbocycles. The highest BCUT2D eigenvalue weighted by atomic mass is 32.2. The van der Waals surface area contributed by atoms with E-state index in [0.29, 0.717) is 17.1 Å². The molecule has 3 aromatic rings. The van der Waals surface area contributed by atoms with Crippen LogP contribution in [0.3, 0.4) is 0 Å². The summed E-state index contributed by atoms with van der Waals surface area (Å²) in [4.78, 5) is 15.4. The Kier molecular flexibility index (Phi) is 3.57. The molecule has 3 rings (SSSR count). The van der Waals surface area contributed by atoms with Crippen LogP contribution < -0.4 is 15.2 Å². The van der Waals surface area contributed by atoms with E-state index in [1.165, 1.54) is 48.2 Å². The van der Waals surface area contributed by atoms with Crippen molar-refractivity contribution in [1.82, 2.24) is 9.55 Å². The number of benzene rings is 1. The number of nitrogens with one attached hydrogen (secondary N) is 1. The first-order chi connectivity index (χ1) is 10.9. The van der Waals surface area contributed by atoms with E-state index in [-0.39, 0.29) is 10.5 Å². The molecule has 0 saturated heterocycles. The van der Waals surface area contributed by atoms with Gasteiger partial charge in [-0.3, -0.25) is 9.29 Å². The molecule has 2 heterocycles. The van der Waals surface area contributed by atoms with Crippen molar-refractivity contribution >= 4 is 26.8 Å². The number of nitrogens with zero attached hydrogens (tertiary/aromatic N) is 2. The number of hydrogen-bond acceptors (Lipinski definition) is 6. The molecule has 23 heavy (non-hydrogen) atoms. The van der Waals surface area contributed by atoms with Crippen molar-refractivity contribution in [2.45, 2.75) is 4.90 Å². The maximum Gasteiger partial charge on any atom is 0.419 e. The van der Waals surface area contributed by atoms with Gasteiger partial charge in [0.2, 0.25) is 5.88 Å². The zero-order valence-corrected chi connectivity index (χ0v) is 13.1. The zero-order chi connectivity index (χ0) is 16.6. The number of anilines is 1. The lowest BCUT2D eigenvalue weighted by molar-refractivity contribution is 0.398. The first-order valence-electron chi connectivity index (χ1n) is 6.53. The van der Waals surface area contributed by atoms with Gasteiger partial charge in [0.1, 0.15) is 0 Å². The van der Waals surface area contributed by atoms with Gasteiger partial charge in [0.25, 0.3) is 10.0 Å². The molecule has 120 valence electrons. The van der Waals surface area contributed by atoms with Crippen molar-refractivity contribution in [3.8, 4) is 5.88 Å². The smallest absolute Gasteiger partial charge is 0.419 e. The minimum atomic E-state index is -3.83. The van der Waals surface area contributed by atoms with Gasteiger partial charge in [-0.15, -0.1) is 0 Å². The maximum absolute atomic E-state index is 12.4. The Morgan fingerprint density at radius 3 is 2.70 bits per heavy atom. The van der Waals surface area contributed by atoms with Crippen LogP contribution in [0.2, 0.25) is 0 Å². The number of aryl methyl sites for hydroxylation is 1. The number of ether oxygens (including phenoxy) is 1. The van der Waals surface area contributed by atoms with Crippen molar-refractivity contribution < 1.29 is 17.6 Å². The van der Waals surface area contributed by atoms with Crippen molar-refractivity contribution in [3.05, 3.63) is 47.1 Å². The van der Waals surface area contributed by atoms with E-state index < -0.39 is 15.8 Å². The van der Waals surface area contributed by atoms with E-state index in [1.807, 2.05) is 0 Å². The number of oxazole rings is 1. The number of fused-ring (bicyclic) bond motifs is 1. The number of sulfonamides is 1. The molecule has 0 aliphatic heterocycles. The molecule has 0 fully saturated rings. The van der Waals surface area contributed by atoms with Gasteiger partial charge in [-0.1, -0.05) is 0 Å². The molecule has 1 N–H and O–H groups in total. The largest absolute Gasteiger partial charge is 0.481 e. The second-order valence-electron chi connectivity index (χ2n) is 4.75. The van der Waals surface area contributed by atoms with E-state index in [4.69, 9.17) is 9.15 Å². The van der Waals surface area contributed by atoms with Gasteiger partial charge < -0.3 is 9.15 Å². The van der Waals surface area contributed by atoms with Crippen LogP contribution in [0.1, 0.15) is 0 Å². The third kappa shape index (κ3) is 2.78. The Hall–Kier alpha value is -2.81. The summed E-state index contributed by atoms with van der Waals surface area (Å²) < 4.78 is 38.4. The first kappa shape index (κ1) is 15.1. The molecule has 2 aromatic heterocycles. The van der Waals surface area contributed by atoms with Crippen LogP contribution in [0, 0.1) is 0 Å². The van der Waals surface area contributed by atoms with E-state index >= 15 is 0 Å². The summed E-state index contributed by atoms with van der Waals surface area (Å²) in [7, 11) is -0.818. The van der Waals surface area contributed by atoms with Crippen LogP contribution in [-0.4, -0.2) is 25.1 Å².